The number of aryl methyl sites for hydroxylation is 2. The summed E-state index contributed by atoms with van der Waals surface area (Å²) in [6.07, 6.45) is 7.00. The van der Waals surface area contributed by atoms with Crippen molar-refractivity contribution in [1.82, 2.24) is 14.5 Å². The second kappa shape index (κ2) is 8.64. The van der Waals surface area contributed by atoms with E-state index in [1.165, 1.54) is 11.1 Å². The zero-order valence-electron chi connectivity index (χ0n) is 19.9. The van der Waals surface area contributed by atoms with Gasteiger partial charge in [0, 0.05) is 43.9 Å². The number of likely N-dealkylation sites (tertiary alicyclic amines) is 1. The van der Waals surface area contributed by atoms with Crippen molar-refractivity contribution in [2.45, 2.75) is 83.0 Å². The molecule has 1 amide bonds. The summed E-state index contributed by atoms with van der Waals surface area (Å²) in [5, 5.41) is 11.1. The molecule has 0 bridgehead atoms. The number of carbonyl (C=O) groups excluding carboxylic acids is 1. The number of rotatable bonds is 5. The lowest BCUT2D eigenvalue weighted by Gasteiger charge is -2.46. The molecule has 2 fully saturated rings. The minimum atomic E-state index is -0.794. The monoisotopic (exact) mass is 439 g/mol. The highest BCUT2D eigenvalue weighted by Gasteiger charge is 2.45. The maximum Gasteiger partial charge on any atom is 0.223 e. The zero-order valence-corrected chi connectivity index (χ0v) is 19.9. The van der Waals surface area contributed by atoms with Crippen molar-refractivity contribution in [3.8, 4) is 0 Å². The molecular formula is C26H37N3O3. The summed E-state index contributed by atoms with van der Waals surface area (Å²) >= 11 is 0. The highest BCUT2D eigenvalue weighted by molar-refractivity contribution is 5.78. The van der Waals surface area contributed by atoms with Crippen LogP contribution in [0.5, 0.6) is 0 Å². The SMILES string of the molecule is Cc1ccc(C2(CC(=O)N3CCC(O)(Cn4ccnc4C)CC3)CCOC(C)(C)C2)cc1. The third-order valence-electron chi connectivity index (χ3n) is 7.43. The number of hydrogen-bond acceptors (Lipinski definition) is 4. The van der Waals surface area contributed by atoms with Crippen LogP contribution in [0.3, 0.4) is 0 Å². The molecule has 0 aliphatic carbocycles. The van der Waals surface area contributed by atoms with Crippen LogP contribution >= 0.6 is 0 Å². The molecule has 4 rings (SSSR count). The van der Waals surface area contributed by atoms with Crippen LogP contribution in [0.15, 0.2) is 36.7 Å². The molecule has 2 aliphatic heterocycles. The molecule has 1 unspecified atom stereocenters. The molecule has 6 heteroatoms. The topological polar surface area (TPSA) is 67.6 Å². The second-order valence-electron chi connectivity index (χ2n) is 10.6. The molecule has 0 saturated carbocycles. The zero-order chi connectivity index (χ0) is 23.0. The summed E-state index contributed by atoms with van der Waals surface area (Å²) in [6.45, 7) is 10.7. The van der Waals surface area contributed by atoms with Gasteiger partial charge < -0.3 is 19.3 Å². The number of hydrogen-bond donors (Lipinski definition) is 1. The van der Waals surface area contributed by atoms with Crippen LogP contribution in [0.1, 0.15) is 62.9 Å². The number of carbonyl (C=O) groups is 1. The second-order valence-corrected chi connectivity index (χ2v) is 10.6. The van der Waals surface area contributed by atoms with Crippen LogP contribution in [0.2, 0.25) is 0 Å². The third kappa shape index (κ3) is 4.91. The maximum absolute atomic E-state index is 13.5. The van der Waals surface area contributed by atoms with Crippen LogP contribution in [0.4, 0.5) is 0 Å². The van der Waals surface area contributed by atoms with Crippen molar-refractivity contribution in [2.75, 3.05) is 19.7 Å². The fourth-order valence-electron chi connectivity index (χ4n) is 5.50. The van der Waals surface area contributed by atoms with Crippen LogP contribution in [-0.2, 0) is 21.5 Å². The Kier molecular flexibility index (Phi) is 6.21. The molecule has 2 aromatic rings. The van der Waals surface area contributed by atoms with Gasteiger partial charge in [-0.3, -0.25) is 4.79 Å². The lowest BCUT2D eigenvalue weighted by Crippen LogP contribution is -2.51. The third-order valence-corrected chi connectivity index (χ3v) is 7.43. The van der Waals surface area contributed by atoms with Gasteiger partial charge in [-0.2, -0.15) is 0 Å². The highest BCUT2D eigenvalue weighted by atomic mass is 16.5. The molecule has 1 aromatic carbocycles. The van der Waals surface area contributed by atoms with Crippen LogP contribution in [-0.4, -0.2) is 56.4 Å². The molecule has 0 radical (unpaired) electrons. The van der Waals surface area contributed by atoms with Crippen molar-refractivity contribution in [2.24, 2.45) is 0 Å². The van der Waals surface area contributed by atoms with E-state index in [0.717, 1.165) is 18.7 Å². The molecule has 174 valence electrons. The highest BCUT2D eigenvalue weighted by Crippen LogP contribution is 2.44. The molecule has 2 saturated heterocycles. The van der Waals surface area contributed by atoms with E-state index >= 15 is 0 Å². The smallest absolute Gasteiger partial charge is 0.223 e. The van der Waals surface area contributed by atoms with Gasteiger partial charge in [0.2, 0.25) is 5.91 Å². The Hall–Kier alpha value is -2.18. The first kappa shape index (κ1) is 23.0. The molecule has 1 N–H and O–H groups in total. The van der Waals surface area contributed by atoms with E-state index < -0.39 is 5.60 Å². The summed E-state index contributed by atoms with van der Waals surface area (Å²) in [7, 11) is 0. The Balaban J connectivity index is 1.46. The van der Waals surface area contributed by atoms with Crippen LogP contribution in [0, 0.1) is 13.8 Å². The Morgan fingerprint density at radius 2 is 1.81 bits per heavy atom. The minimum absolute atomic E-state index is 0.184. The van der Waals surface area contributed by atoms with Gasteiger partial charge in [-0.15, -0.1) is 0 Å². The van der Waals surface area contributed by atoms with Gasteiger partial charge in [0.25, 0.3) is 0 Å². The first-order chi connectivity index (χ1) is 15.1. The summed E-state index contributed by atoms with van der Waals surface area (Å²) in [4.78, 5) is 19.7. The van der Waals surface area contributed by atoms with Gasteiger partial charge in [0.15, 0.2) is 0 Å². The number of aromatic nitrogens is 2. The number of aliphatic hydroxyl groups is 1. The maximum atomic E-state index is 13.5. The summed E-state index contributed by atoms with van der Waals surface area (Å²) in [5.74, 6) is 1.09. The van der Waals surface area contributed by atoms with Crippen molar-refractivity contribution < 1.29 is 14.6 Å². The number of piperidine rings is 1. The van der Waals surface area contributed by atoms with E-state index in [4.69, 9.17) is 4.74 Å². The minimum Gasteiger partial charge on any atom is -0.388 e. The van der Waals surface area contributed by atoms with Crippen molar-refractivity contribution >= 4 is 5.91 Å². The number of imidazole rings is 1. The van der Waals surface area contributed by atoms with Crippen LogP contribution < -0.4 is 0 Å². The molecule has 0 spiro atoms. The van der Waals surface area contributed by atoms with E-state index in [1.54, 1.807) is 6.20 Å². The van der Waals surface area contributed by atoms with E-state index in [0.29, 0.717) is 45.5 Å². The fourth-order valence-corrected chi connectivity index (χ4v) is 5.50. The molecule has 1 aromatic heterocycles. The average Bonchev–Trinajstić information content (AvgIpc) is 3.12. The molecule has 2 aliphatic rings. The predicted octanol–water partition coefficient (Wildman–Crippen LogP) is 3.77. The van der Waals surface area contributed by atoms with Crippen molar-refractivity contribution in [1.29, 1.82) is 0 Å². The molecule has 32 heavy (non-hydrogen) atoms. The molecular weight excluding hydrogens is 402 g/mol. The van der Waals surface area contributed by atoms with E-state index in [9.17, 15) is 9.90 Å². The summed E-state index contributed by atoms with van der Waals surface area (Å²) in [6, 6.07) is 8.66. The van der Waals surface area contributed by atoms with E-state index in [2.05, 4.69) is 50.0 Å². The fraction of sp³-hybridized carbons (Fsp3) is 0.615. The van der Waals surface area contributed by atoms with Crippen molar-refractivity contribution in [3.63, 3.8) is 0 Å². The first-order valence-electron chi connectivity index (χ1n) is 11.8. The Labute approximate surface area is 191 Å². The Morgan fingerprint density at radius 1 is 1.12 bits per heavy atom. The van der Waals surface area contributed by atoms with Gasteiger partial charge in [0.1, 0.15) is 5.82 Å². The van der Waals surface area contributed by atoms with Gasteiger partial charge in [-0.05, 0) is 58.9 Å². The number of ether oxygens (including phenoxy) is 1. The Morgan fingerprint density at radius 3 is 2.41 bits per heavy atom. The standard InChI is InChI=1S/C26H37N3O3/c1-20-5-7-22(8-6-20)25(11-16-32-24(3,4)18-25)17-23(30)28-13-9-26(31,10-14-28)19-29-15-12-27-21(29)2/h5-8,12,15,31H,9-11,13-14,16-19H2,1-4H3. The number of benzene rings is 1. The van der Waals surface area contributed by atoms with Gasteiger partial charge in [-0.25, -0.2) is 4.98 Å². The quantitative estimate of drug-likeness (QED) is 0.770. The van der Waals surface area contributed by atoms with Crippen molar-refractivity contribution in [3.05, 3.63) is 53.6 Å². The molecule has 3 heterocycles. The molecule has 1 atom stereocenters. The number of nitrogens with zero attached hydrogens (tertiary/aromatic N) is 3. The normalized spacial score (nSPS) is 25.0. The lowest BCUT2D eigenvalue weighted by molar-refractivity contribution is -0.140. The lowest BCUT2D eigenvalue weighted by atomic mass is 9.67. The van der Waals surface area contributed by atoms with Gasteiger partial charge in [-0.1, -0.05) is 29.8 Å². The first-order valence-corrected chi connectivity index (χ1v) is 11.8. The average molecular weight is 440 g/mol. The predicted molar refractivity (Wildman–Crippen MR) is 124 cm³/mol. The van der Waals surface area contributed by atoms with Gasteiger partial charge in [0.05, 0.1) is 17.7 Å². The van der Waals surface area contributed by atoms with Crippen LogP contribution in [0.25, 0.3) is 0 Å². The molecule has 6 nitrogen and oxygen atoms in total. The summed E-state index contributed by atoms with van der Waals surface area (Å²) < 4.78 is 8.01. The van der Waals surface area contributed by atoms with E-state index in [-0.39, 0.29) is 16.9 Å². The summed E-state index contributed by atoms with van der Waals surface area (Å²) in [5.41, 5.74) is 1.20. The Bertz CT molecular complexity index is 941. The van der Waals surface area contributed by atoms with E-state index in [1.807, 2.05) is 22.6 Å². The number of amides is 1. The largest absolute Gasteiger partial charge is 0.388 e. The van der Waals surface area contributed by atoms with Gasteiger partial charge >= 0.3 is 0 Å².